The van der Waals surface area contributed by atoms with Gasteiger partial charge in [-0.2, -0.15) is 0 Å². The van der Waals surface area contributed by atoms with Gasteiger partial charge in [0.1, 0.15) is 18.2 Å². The van der Waals surface area contributed by atoms with Gasteiger partial charge in [-0.25, -0.2) is 4.39 Å². The lowest BCUT2D eigenvalue weighted by Crippen LogP contribution is -2.13. The predicted octanol–water partition coefficient (Wildman–Crippen LogP) is 3.01. The number of nitrogens with zero attached hydrogens (tertiary/aromatic N) is 1. The largest absolute Gasteiger partial charge is 0.491 e. The summed E-state index contributed by atoms with van der Waals surface area (Å²) in [5.74, 6) is -0.781. The molecular weight excluding hydrogens is 319 g/mol. The summed E-state index contributed by atoms with van der Waals surface area (Å²) in [7, 11) is 1.56. The normalized spacial score (nSPS) is 10.2. The molecule has 24 heavy (non-hydrogen) atoms. The summed E-state index contributed by atoms with van der Waals surface area (Å²) in [6, 6.07) is 9.12. The molecule has 0 aliphatic heterocycles. The van der Waals surface area contributed by atoms with Crippen molar-refractivity contribution in [2.75, 3.05) is 25.6 Å². The van der Waals surface area contributed by atoms with E-state index < -0.39 is 16.6 Å². The average Bonchev–Trinajstić information content (AvgIpc) is 2.57. The van der Waals surface area contributed by atoms with E-state index in [0.29, 0.717) is 19.0 Å². The van der Waals surface area contributed by atoms with Crippen LogP contribution in [-0.4, -0.2) is 31.2 Å². The van der Waals surface area contributed by atoms with E-state index in [0.717, 1.165) is 18.2 Å². The third-order valence-corrected chi connectivity index (χ3v) is 3.08. The lowest BCUT2D eigenvalue weighted by Gasteiger charge is -2.08. The van der Waals surface area contributed by atoms with Crippen LogP contribution in [0.2, 0.25) is 0 Å². The number of carbonyl (C=O) groups excluding carboxylic acids is 1. The highest BCUT2D eigenvalue weighted by Gasteiger charge is 2.14. The Morgan fingerprint density at radius 2 is 1.92 bits per heavy atom. The number of ether oxygens (including phenoxy) is 2. The van der Waals surface area contributed by atoms with Crippen molar-refractivity contribution < 1.29 is 23.6 Å². The maximum atomic E-state index is 13.7. The van der Waals surface area contributed by atoms with Crippen LogP contribution in [0.5, 0.6) is 5.75 Å². The van der Waals surface area contributed by atoms with Crippen LogP contribution in [0.3, 0.4) is 0 Å². The van der Waals surface area contributed by atoms with E-state index in [1.165, 1.54) is 12.1 Å². The summed E-state index contributed by atoms with van der Waals surface area (Å²) in [6.07, 6.45) is 0. The van der Waals surface area contributed by atoms with Crippen LogP contribution in [0.4, 0.5) is 15.8 Å². The molecule has 2 aromatic rings. The predicted molar refractivity (Wildman–Crippen MR) is 84.8 cm³/mol. The van der Waals surface area contributed by atoms with Gasteiger partial charge in [-0.15, -0.1) is 0 Å². The highest BCUT2D eigenvalue weighted by molar-refractivity contribution is 6.04. The molecule has 2 aromatic carbocycles. The maximum absolute atomic E-state index is 13.7. The zero-order valence-electron chi connectivity index (χ0n) is 12.8. The smallest absolute Gasteiger partial charge is 0.271 e. The van der Waals surface area contributed by atoms with Crippen LogP contribution in [0.15, 0.2) is 42.5 Å². The Morgan fingerprint density at radius 3 is 2.54 bits per heavy atom. The maximum Gasteiger partial charge on any atom is 0.271 e. The SMILES string of the molecule is COCCOc1ccc(C(=O)Nc2cc([N+](=O)[O-])ccc2F)cc1. The number of non-ortho nitro benzene ring substituents is 1. The van der Waals surface area contributed by atoms with Crippen molar-refractivity contribution in [1.29, 1.82) is 0 Å². The molecule has 0 unspecified atom stereocenters. The van der Waals surface area contributed by atoms with Crippen LogP contribution < -0.4 is 10.1 Å². The van der Waals surface area contributed by atoms with Gasteiger partial charge in [-0.1, -0.05) is 0 Å². The zero-order chi connectivity index (χ0) is 17.5. The third kappa shape index (κ3) is 4.50. The molecule has 0 saturated heterocycles. The number of nitro benzene ring substituents is 1. The second-order valence-electron chi connectivity index (χ2n) is 4.74. The molecule has 0 bridgehead atoms. The van der Waals surface area contributed by atoms with Gasteiger partial charge in [-0.05, 0) is 30.3 Å². The molecule has 0 heterocycles. The zero-order valence-corrected chi connectivity index (χ0v) is 12.8. The van der Waals surface area contributed by atoms with Gasteiger partial charge in [0.25, 0.3) is 11.6 Å². The minimum atomic E-state index is -0.756. The minimum absolute atomic E-state index is 0.255. The molecule has 0 atom stereocenters. The van der Waals surface area contributed by atoms with E-state index in [-0.39, 0.29) is 16.9 Å². The van der Waals surface area contributed by atoms with Crippen molar-refractivity contribution in [3.63, 3.8) is 0 Å². The molecule has 1 amide bonds. The van der Waals surface area contributed by atoms with E-state index >= 15 is 0 Å². The Bertz CT molecular complexity index is 734. The fraction of sp³-hybridized carbons (Fsp3) is 0.188. The monoisotopic (exact) mass is 334 g/mol. The second-order valence-corrected chi connectivity index (χ2v) is 4.74. The first-order valence-corrected chi connectivity index (χ1v) is 6.98. The summed E-state index contributed by atoms with van der Waals surface area (Å²) in [4.78, 5) is 22.2. The van der Waals surface area contributed by atoms with Crippen molar-refractivity contribution in [3.05, 3.63) is 64.0 Å². The topological polar surface area (TPSA) is 90.7 Å². The molecule has 8 heteroatoms. The van der Waals surface area contributed by atoms with E-state index in [4.69, 9.17) is 9.47 Å². The molecule has 0 aliphatic rings. The Balaban J connectivity index is 2.07. The summed E-state index contributed by atoms with van der Waals surface area (Å²) < 4.78 is 23.9. The van der Waals surface area contributed by atoms with E-state index in [1.807, 2.05) is 0 Å². The second kappa shape index (κ2) is 8.02. The van der Waals surface area contributed by atoms with Gasteiger partial charge in [0.2, 0.25) is 0 Å². The Morgan fingerprint density at radius 1 is 1.21 bits per heavy atom. The lowest BCUT2D eigenvalue weighted by molar-refractivity contribution is -0.384. The molecule has 0 spiro atoms. The summed E-state index contributed by atoms with van der Waals surface area (Å²) in [6.45, 7) is 0.815. The fourth-order valence-corrected chi connectivity index (χ4v) is 1.86. The summed E-state index contributed by atoms with van der Waals surface area (Å²) >= 11 is 0. The minimum Gasteiger partial charge on any atom is -0.491 e. The fourth-order valence-electron chi connectivity index (χ4n) is 1.86. The summed E-state index contributed by atoms with van der Waals surface area (Å²) in [5.41, 5.74) is -0.303. The van der Waals surface area contributed by atoms with Crippen molar-refractivity contribution in [3.8, 4) is 5.75 Å². The highest BCUT2D eigenvalue weighted by atomic mass is 19.1. The highest BCUT2D eigenvalue weighted by Crippen LogP contribution is 2.22. The van der Waals surface area contributed by atoms with Crippen LogP contribution in [-0.2, 0) is 4.74 Å². The Hall–Kier alpha value is -3.00. The number of hydrogen-bond donors (Lipinski definition) is 1. The van der Waals surface area contributed by atoms with E-state index in [2.05, 4.69) is 5.32 Å². The quantitative estimate of drug-likeness (QED) is 0.477. The number of nitro groups is 1. The molecule has 2 rings (SSSR count). The molecule has 0 aliphatic carbocycles. The number of nitrogens with one attached hydrogen (secondary N) is 1. The van der Waals surface area contributed by atoms with Crippen molar-refractivity contribution >= 4 is 17.3 Å². The van der Waals surface area contributed by atoms with Gasteiger partial charge < -0.3 is 14.8 Å². The first-order chi connectivity index (χ1) is 11.5. The molecule has 7 nitrogen and oxygen atoms in total. The van der Waals surface area contributed by atoms with Gasteiger partial charge in [0.15, 0.2) is 0 Å². The van der Waals surface area contributed by atoms with Gasteiger partial charge in [0.05, 0.1) is 17.2 Å². The lowest BCUT2D eigenvalue weighted by atomic mass is 10.2. The Kier molecular flexibility index (Phi) is 5.80. The molecule has 0 aromatic heterocycles. The van der Waals surface area contributed by atoms with Crippen LogP contribution in [0.1, 0.15) is 10.4 Å². The number of hydrogen-bond acceptors (Lipinski definition) is 5. The molecule has 0 saturated carbocycles. The van der Waals surface area contributed by atoms with Gasteiger partial charge in [0, 0.05) is 24.8 Å². The standard InChI is InChI=1S/C16H15FN2O5/c1-23-8-9-24-13-5-2-11(3-6-13)16(20)18-15-10-12(19(21)22)4-7-14(15)17/h2-7,10H,8-9H2,1H3,(H,18,20). The van der Waals surface area contributed by atoms with E-state index in [1.54, 1.807) is 19.2 Å². The Labute approximate surface area is 137 Å². The van der Waals surface area contributed by atoms with Crippen LogP contribution in [0, 0.1) is 15.9 Å². The molecular formula is C16H15FN2O5. The average molecular weight is 334 g/mol. The molecule has 126 valence electrons. The molecule has 1 N–H and O–H groups in total. The van der Waals surface area contributed by atoms with Gasteiger partial charge in [-0.3, -0.25) is 14.9 Å². The first-order valence-electron chi connectivity index (χ1n) is 6.98. The van der Waals surface area contributed by atoms with E-state index in [9.17, 15) is 19.3 Å². The first kappa shape index (κ1) is 17.4. The number of carbonyl (C=O) groups is 1. The van der Waals surface area contributed by atoms with Crippen molar-refractivity contribution in [2.24, 2.45) is 0 Å². The number of halogens is 1. The number of amides is 1. The van der Waals surface area contributed by atoms with Crippen LogP contribution >= 0.6 is 0 Å². The van der Waals surface area contributed by atoms with Crippen LogP contribution in [0.25, 0.3) is 0 Å². The third-order valence-electron chi connectivity index (χ3n) is 3.08. The number of benzene rings is 2. The van der Waals surface area contributed by atoms with Crippen molar-refractivity contribution in [1.82, 2.24) is 0 Å². The molecule has 0 fully saturated rings. The number of methoxy groups -OCH3 is 1. The van der Waals surface area contributed by atoms with Gasteiger partial charge >= 0.3 is 0 Å². The molecule has 0 radical (unpaired) electrons. The number of rotatable bonds is 7. The number of anilines is 1. The van der Waals surface area contributed by atoms with Crippen molar-refractivity contribution in [2.45, 2.75) is 0 Å². The summed E-state index contributed by atoms with van der Waals surface area (Å²) in [5, 5.41) is 13.0.